The fourth-order valence-corrected chi connectivity index (χ4v) is 2.62. The molecule has 2 rings (SSSR count). The fourth-order valence-electron chi connectivity index (χ4n) is 2.62. The Morgan fingerprint density at radius 3 is 2.27 bits per heavy atom. The van der Waals surface area contributed by atoms with Crippen molar-refractivity contribution in [1.29, 1.82) is 0 Å². The third-order valence-corrected chi connectivity index (χ3v) is 4.44. The molecular weight excluding hydrogens is 328 g/mol. The molecule has 0 spiro atoms. The summed E-state index contributed by atoms with van der Waals surface area (Å²) in [6.45, 7) is 4.02. The van der Waals surface area contributed by atoms with Gasteiger partial charge >= 0.3 is 0 Å². The molecule has 0 saturated carbocycles. The second kappa shape index (κ2) is 9.73. The van der Waals surface area contributed by atoms with E-state index < -0.39 is 6.04 Å². The lowest BCUT2D eigenvalue weighted by molar-refractivity contribution is -0.119. The van der Waals surface area contributed by atoms with Crippen LogP contribution in [-0.2, 0) is 11.2 Å². The Balaban J connectivity index is 2.07. The van der Waals surface area contributed by atoms with Gasteiger partial charge in [0.25, 0.3) is 5.91 Å². The number of rotatable bonds is 8. The maximum absolute atomic E-state index is 12.7. The van der Waals surface area contributed by atoms with Gasteiger partial charge in [0.15, 0.2) is 0 Å². The zero-order valence-electron chi connectivity index (χ0n) is 15.2. The lowest BCUT2D eigenvalue weighted by atomic mass is 9.97. The minimum absolute atomic E-state index is 0.00340. The van der Waals surface area contributed by atoms with Crippen molar-refractivity contribution in [2.75, 3.05) is 11.9 Å². The molecule has 5 heteroatoms. The molecule has 3 N–H and O–H groups in total. The minimum atomic E-state index is -0.621. The summed E-state index contributed by atoms with van der Waals surface area (Å²) >= 11 is 0. The first-order chi connectivity index (χ1) is 12.5. The summed E-state index contributed by atoms with van der Waals surface area (Å²) in [5, 5.41) is 14.7. The van der Waals surface area contributed by atoms with Crippen molar-refractivity contribution < 1.29 is 14.7 Å². The Bertz CT molecular complexity index is 714. The highest BCUT2D eigenvalue weighted by molar-refractivity contribution is 6.01. The number of carbonyl (C=O) groups is 2. The first kappa shape index (κ1) is 19.7. The summed E-state index contributed by atoms with van der Waals surface area (Å²) in [7, 11) is 0. The zero-order chi connectivity index (χ0) is 18.9. The largest absolute Gasteiger partial charge is 0.396 e. The Hall–Kier alpha value is -2.66. The maximum Gasteiger partial charge on any atom is 0.251 e. The van der Waals surface area contributed by atoms with Gasteiger partial charge in [0.05, 0.1) is 0 Å². The van der Waals surface area contributed by atoms with Gasteiger partial charge in [0.1, 0.15) is 6.04 Å². The van der Waals surface area contributed by atoms with E-state index in [0.717, 1.165) is 12.0 Å². The first-order valence-electron chi connectivity index (χ1n) is 8.91. The molecule has 0 saturated heterocycles. The first-order valence-corrected chi connectivity index (χ1v) is 8.91. The molecule has 26 heavy (non-hydrogen) atoms. The number of aliphatic hydroxyl groups is 1. The smallest absolute Gasteiger partial charge is 0.251 e. The summed E-state index contributed by atoms with van der Waals surface area (Å²) in [6, 6.07) is 15.6. The third-order valence-electron chi connectivity index (χ3n) is 4.44. The summed E-state index contributed by atoms with van der Waals surface area (Å²) in [5.41, 5.74) is 2.20. The van der Waals surface area contributed by atoms with Gasteiger partial charge in [0.2, 0.25) is 5.91 Å². The van der Waals surface area contributed by atoms with Crippen LogP contribution in [0.1, 0.15) is 36.2 Å². The minimum Gasteiger partial charge on any atom is -0.396 e. The van der Waals surface area contributed by atoms with E-state index in [0.29, 0.717) is 17.7 Å². The number of hydrogen-bond donors (Lipinski definition) is 3. The monoisotopic (exact) mass is 354 g/mol. The molecule has 5 nitrogen and oxygen atoms in total. The van der Waals surface area contributed by atoms with Gasteiger partial charge in [-0.3, -0.25) is 9.59 Å². The van der Waals surface area contributed by atoms with Gasteiger partial charge in [-0.15, -0.1) is 0 Å². The number of carbonyl (C=O) groups excluding carboxylic acids is 2. The van der Waals surface area contributed by atoms with Crippen molar-refractivity contribution >= 4 is 17.5 Å². The molecule has 0 aromatic heterocycles. The number of nitrogens with one attached hydrogen (secondary N) is 2. The molecule has 0 bridgehead atoms. The highest BCUT2D eigenvalue weighted by atomic mass is 16.3. The molecule has 0 heterocycles. The van der Waals surface area contributed by atoms with Crippen molar-refractivity contribution in [3.63, 3.8) is 0 Å². The highest BCUT2D eigenvalue weighted by Gasteiger charge is 2.26. The maximum atomic E-state index is 12.7. The topological polar surface area (TPSA) is 78.4 Å². The average molecular weight is 354 g/mol. The quantitative estimate of drug-likeness (QED) is 0.682. The van der Waals surface area contributed by atoms with Crippen LogP contribution in [0.5, 0.6) is 0 Å². The molecule has 0 aliphatic carbocycles. The van der Waals surface area contributed by atoms with Crippen LogP contribution in [0.4, 0.5) is 5.69 Å². The fraction of sp³-hybridized carbons (Fsp3) is 0.333. The Morgan fingerprint density at radius 1 is 1.04 bits per heavy atom. The van der Waals surface area contributed by atoms with Gasteiger partial charge in [-0.25, -0.2) is 0 Å². The Morgan fingerprint density at radius 2 is 1.69 bits per heavy atom. The molecule has 0 fully saturated rings. The third kappa shape index (κ3) is 5.43. The molecule has 0 aliphatic heterocycles. The molecule has 0 radical (unpaired) electrons. The van der Waals surface area contributed by atoms with Crippen LogP contribution in [0.3, 0.4) is 0 Å². The summed E-state index contributed by atoms with van der Waals surface area (Å²) in [5.74, 6) is -0.501. The second-order valence-electron chi connectivity index (χ2n) is 6.36. The number of aliphatic hydroxyl groups excluding tert-OH is 1. The Kier molecular flexibility index (Phi) is 7.36. The van der Waals surface area contributed by atoms with Gasteiger partial charge in [-0.05, 0) is 42.2 Å². The molecule has 2 aromatic carbocycles. The van der Waals surface area contributed by atoms with Crippen molar-refractivity contribution in [3.05, 3.63) is 65.7 Å². The molecule has 2 amide bonds. The van der Waals surface area contributed by atoms with Crippen molar-refractivity contribution in [3.8, 4) is 0 Å². The van der Waals surface area contributed by atoms with E-state index in [4.69, 9.17) is 5.11 Å². The van der Waals surface area contributed by atoms with Crippen LogP contribution in [0, 0.1) is 5.92 Å². The van der Waals surface area contributed by atoms with Gasteiger partial charge < -0.3 is 15.7 Å². The van der Waals surface area contributed by atoms with Crippen LogP contribution in [0.2, 0.25) is 0 Å². The molecule has 0 aliphatic rings. The van der Waals surface area contributed by atoms with E-state index in [2.05, 4.69) is 10.6 Å². The standard InChI is InChI=1S/C21H26N2O3/c1-3-15(2)19(23-20(25)17-7-5-4-6-8-17)21(26)22-18-11-9-16(10-12-18)13-14-24/h4-12,15,19,24H,3,13-14H2,1-2H3,(H,22,26)(H,23,25). The lowest BCUT2D eigenvalue weighted by Crippen LogP contribution is -2.47. The lowest BCUT2D eigenvalue weighted by Gasteiger charge is -2.23. The van der Waals surface area contributed by atoms with Crippen molar-refractivity contribution in [2.45, 2.75) is 32.7 Å². The Labute approximate surface area is 154 Å². The zero-order valence-corrected chi connectivity index (χ0v) is 15.2. The van der Waals surface area contributed by atoms with Crippen molar-refractivity contribution in [1.82, 2.24) is 5.32 Å². The van der Waals surface area contributed by atoms with Gasteiger partial charge in [0, 0.05) is 17.9 Å². The number of anilines is 1. The molecular formula is C21H26N2O3. The average Bonchev–Trinajstić information content (AvgIpc) is 2.67. The van der Waals surface area contributed by atoms with Crippen molar-refractivity contribution in [2.24, 2.45) is 5.92 Å². The van der Waals surface area contributed by atoms with E-state index in [1.165, 1.54) is 0 Å². The van der Waals surface area contributed by atoms with Crippen LogP contribution in [-0.4, -0.2) is 29.6 Å². The number of hydrogen-bond acceptors (Lipinski definition) is 3. The summed E-state index contributed by atoms with van der Waals surface area (Å²) < 4.78 is 0. The van der Waals surface area contributed by atoms with Gasteiger partial charge in [-0.1, -0.05) is 50.6 Å². The van der Waals surface area contributed by atoms with Crippen LogP contribution in [0.15, 0.2) is 54.6 Å². The summed E-state index contributed by atoms with van der Waals surface area (Å²) in [4.78, 5) is 25.2. The van der Waals surface area contributed by atoms with E-state index in [9.17, 15) is 9.59 Å². The highest BCUT2D eigenvalue weighted by Crippen LogP contribution is 2.14. The molecule has 2 aromatic rings. The van der Waals surface area contributed by atoms with Crippen LogP contribution in [0.25, 0.3) is 0 Å². The van der Waals surface area contributed by atoms with Crippen LogP contribution < -0.4 is 10.6 Å². The molecule has 2 atom stereocenters. The van der Waals surface area contributed by atoms with Crippen LogP contribution >= 0.6 is 0 Å². The second-order valence-corrected chi connectivity index (χ2v) is 6.36. The predicted octanol–water partition coefficient (Wildman–Crippen LogP) is 3.00. The van der Waals surface area contributed by atoms with Gasteiger partial charge in [-0.2, -0.15) is 0 Å². The molecule has 2 unspecified atom stereocenters. The number of benzene rings is 2. The number of amides is 2. The van der Waals surface area contributed by atoms with E-state index in [1.807, 2.05) is 32.0 Å². The normalized spacial score (nSPS) is 12.9. The SMILES string of the molecule is CCC(C)C(NC(=O)c1ccccc1)C(=O)Nc1ccc(CCO)cc1. The van der Waals surface area contributed by atoms with E-state index >= 15 is 0 Å². The van der Waals surface area contributed by atoms with E-state index in [1.54, 1.807) is 36.4 Å². The van der Waals surface area contributed by atoms with E-state index in [-0.39, 0.29) is 24.3 Å². The predicted molar refractivity (Wildman–Crippen MR) is 103 cm³/mol. The summed E-state index contributed by atoms with van der Waals surface area (Å²) in [6.07, 6.45) is 1.35. The molecule has 138 valence electrons.